The third-order valence-corrected chi connectivity index (χ3v) is 2.36. The molecule has 0 aliphatic rings. The van der Waals surface area contributed by atoms with Crippen molar-refractivity contribution in [3.05, 3.63) is 29.6 Å². The van der Waals surface area contributed by atoms with Crippen LogP contribution in [0.1, 0.15) is 24.2 Å². The molecular weight excluding hydrogens is 235 g/mol. The number of likely N-dealkylation sites (N-methyl/N-ethyl adjacent to an activating group) is 1. The molecule has 18 heavy (non-hydrogen) atoms. The average Bonchev–Trinajstić information content (AvgIpc) is 2.27. The number of nitrogens with one attached hydrogen (secondary N) is 1. The van der Waals surface area contributed by atoms with Crippen molar-refractivity contribution in [1.29, 1.82) is 0 Å². The molecule has 98 valence electrons. The minimum absolute atomic E-state index is 0.0599. The van der Waals surface area contributed by atoms with Crippen LogP contribution >= 0.6 is 0 Å². The molecule has 0 bridgehead atoms. The third-order valence-electron chi connectivity index (χ3n) is 2.36. The van der Waals surface area contributed by atoms with E-state index in [0.717, 1.165) is 6.07 Å². The lowest BCUT2D eigenvalue weighted by molar-refractivity contribution is -0.120. The molecule has 1 rings (SSSR count). The Hall–Kier alpha value is -1.91. The molecule has 1 aromatic rings. The van der Waals surface area contributed by atoms with Crippen molar-refractivity contribution < 1.29 is 14.0 Å². The lowest BCUT2D eigenvalue weighted by Gasteiger charge is -2.21. The van der Waals surface area contributed by atoms with Gasteiger partial charge in [0, 0.05) is 24.3 Å². The van der Waals surface area contributed by atoms with Gasteiger partial charge in [0.05, 0.1) is 6.54 Å². The van der Waals surface area contributed by atoms with Crippen LogP contribution in [0.25, 0.3) is 0 Å². The molecule has 0 atom stereocenters. The largest absolute Gasteiger partial charge is 0.365 e. The highest BCUT2D eigenvalue weighted by atomic mass is 19.1. The molecule has 0 fully saturated rings. The predicted octanol–water partition coefficient (Wildman–Crippen LogP) is 1.60. The number of hydrogen-bond donors (Lipinski definition) is 1. The molecule has 0 heterocycles. The molecule has 5 heteroatoms. The van der Waals surface area contributed by atoms with Crippen molar-refractivity contribution in [2.75, 3.05) is 18.5 Å². The highest BCUT2D eigenvalue weighted by Gasteiger charge is 2.12. The summed E-state index contributed by atoms with van der Waals surface area (Å²) in [6.07, 6.45) is 0.579. The lowest BCUT2D eigenvalue weighted by Crippen LogP contribution is -2.38. The summed E-state index contributed by atoms with van der Waals surface area (Å²) in [5, 5.41) is 2.75. The van der Waals surface area contributed by atoms with Gasteiger partial charge in [0.15, 0.2) is 6.29 Å². The number of carbonyl (C=O) groups is 2. The van der Waals surface area contributed by atoms with Gasteiger partial charge in [-0.25, -0.2) is 4.39 Å². The van der Waals surface area contributed by atoms with Gasteiger partial charge in [-0.3, -0.25) is 9.59 Å². The monoisotopic (exact) mass is 252 g/mol. The maximum Gasteiger partial charge on any atom is 0.239 e. The quantitative estimate of drug-likeness (QED) is 0.810. The van der Waals surface area contributed by atoms with E-state index in [-0.39, 0.29) is 24.1 Å². The van der Waals surface area contributed by atoms with Crippen molar-refractivity contribution in [3.63, 3.8) is 0 Å². The minimum atomic E-state index is -0.471. The van der Waals surface area contributed by atoms with Crippen LogP contribution in [-0.2, 0) is 4.79 Å². The molecule has 0 unspecified atom stereocenters. The standard InChI is InChI=1S/C13H17FN2O2/c1-9(2)15-13(18)7-16(3)12-5-4-11(14)6-10(12)8-17/h4-6,8-9H,7H2,1-3H3,(H,15,18). The molecule has 0 aliphatic heterocycles. The molecule has 1 N–H and O–H groups in total. The van der Waals surface area contributed by atoms with Gasteiger partial charge in [0.25, 0.3) is 0 Å². The van der Waals surface area contributed by atoms with E-state index < -0.39 is 5.82 Å². The first-order chi connectivity index (χ1) is 8.43. The van der Waals surface area contributed by atoms with Gasteiger partial charge in [-0.15, -0.1) is 0 Å². The second-order valence-electron chi connectivity index (χ2n) is 4.40. The summed E-state index contributed by atoms with van der Waals surface area (Å²) in [6.45, 7) is 3.85. The number of carbonyl (C=O) groups excluding carboxylic acids is 2. The molecule has 1 aromatic carbocycles. The van der Waals surface area contributed by atoms with Crippen molar-refractivity contribution in [1.82, 2.24) is 5.32 Å². The number of benzene rings is 1. The topological polar surface area (TPSA) is 49.4 Å². The average molecular weight is 252 g/mol. The highest BCUT2D eigenvalue weighted by molar-refractivity contribution is 5.87. The number of aldehydes is 1. The van der Waals surface area contributed by atoms with Gasteiger partial charge in [-0.1, -0.05) is 0 Å². The summed E-state index contributed by atoms with van der Waals surface area (Å²) in [5.41, 5.74) is 0.764. The second-order valence-corrected chi connectivity index (χ2v) is 4.40. The van der Waals surface area contributed by atoms with Crippen LogP contribution < -0.4 is 10.2 Å². The normalized spacial score (nSPS) is 10.3. The van der Waals surface area contributed by atoms with Crippen LogP contribution in [0.4, 0.5) is 10.1 Å². The lowest BCUT2D eigenvalue weighted by atomic mass is 10.1. The van der Waals surface area contributed by atoms with Gasteiger partial charge in [-0.05, 0) is 32.0 Å². The number of anilines is 1. The number of nitrogens with zero attached hydrogens (tertiary/aromatic N) is 1. The first kappa shape index (κ1) is 14.2. The van der Waals surface area contributed by atoms with Crippen molar-refractivity contribution >= 4 is 17.9 Å². The first-order valence-corrected chi connectivity index (χ1v) is 5.69. The Morgan fingerprint density at radius 1 is 1.50 bits per heavy atom. The highest BCUT2D eigenvalue weighted by Crippen LogP contribution is 2.18. The fourth-order valence-electron chi connectivity index (χ4n) is 1.64. The molecule has 4 nitrogen and oxygen atoms in total. The Morgan fingerprint density at radius 3 is 2.72 bits per heavy atom. The third kappa shape index (κ3) is 3.84. The summed E-state index contributed by atoms with van der Waals surface area (Å²) in [7, 11) is 1.68. The van der Waals surface area contributed by atoms with E-state index in [4.69, 9.17) is 0 Å². The van der Waals surface area contributed by atoms with Crippen LogP contribution in [0, 0.1) is 5.82 Å². The molecular formula is C13H17FN2O2. The molecule has 0 aliphatic carbocycles. The molecule has 1 amide bonds. The summed E-state index contributed by atoms with van der Waals surface area (Å²) in [5.74, 6) is -0.616. The number of halogens is 1. The van der Waals surface area contributed by atoms with E-state index in [0.29, 0.717) is 12.0 Å². The fraction of sp³-hybridized carbons (Fsp3) is 0.385. The maximum atomic E-state index is 13.0. The van der Waals surface area contributed by atoms with E-state index in [1.807, 2.05) is 13.8 Å². The maximum absolute atomic E-state index is 13.0. The van der Waals surface area contributed by atoms with Gasteiger partial charge in [-0.2, -0.15) is 0 Å². The Balaban J connectivity index is 2.81. The molecule has 0 spiro atoms. The molecule has 0 radical (unpaired) electrons. The number of amides is 1. The van der Waals surface area contributed by atoms with E-state index in [9.17, 15) is 14.0 Å². The van der Waals surface area contributed by atoms with Crippen LogP contribution in [-0.4, -0.2) is 31.8 Å². The Morgan fingerprint density at radius 2 is 2.17 bits per heavy atom. The van der Waals surface area contributed by atoms with E-state index in [1.54, 1.807) is 11.9 Å². The molecule has 0 aromatic heterocycles. The van der Waals surface area contributed by atoms with Gasteiger partial charge in [0.2, 0.25) is 5.91 Å². The Labute approximate surface area is 106 Å². The van der Waals surface area contributed by atoms with Crippen LogP contribution in [0.5, 0.6) is 0 Å². The summed E-state index contributed by atoms with van der Waals surface area (Å²) in [6, 6.07) is 3.96. The van der Waals surface area contributed by atoms with Gasteiger partial charge >= 0.3 is 0 Å². The minimum Gasteiger partial charge on any atom is -0.365 e. The van der Waals surface area contributed by atoms with E-state index in [2.05, 4.69) is 5.32 Å². The SMILES string of the molecule is CC(C)NC(=O)CN(C)c1ccc(F)cc1C=O. The summed E-state index contributed by atoms with van der Waals surface area (Å²) in [4.78, 5) is 24.1. The smallest absolute Gasteiger partial charge is 0.239 e. The van der Waals surface area contributed by atoms with E-state index >= 15 is 0 Å². The second kappa shape index (κ2) is 6.14. The first-order valence-electron chi connectivity index (χ1n) is 5.69. The Kier molecular flexibility index (Phi) is 4.83. The van der Waals surface area contributed by atoms with Crippen molar-refractivity contribution in [2.45, 2.75) is 19.9 Å². The van der Waals surface area contributed by atoms with Crippen molar-refractivity contribution in [2.24, 2.45) is 0 Å². The summed E-state index contributed by atoms with van der Waals surface area (Å²) >= 11 is 0. The Bertz CT molecular complexity index is 447. The number of rotatable bonds is 5. The molecule has 0 saturated carbocycles. The summed E-state index contributed by atoms with van der Waals surface area (Å²) < 4.78 is 13.0. The zero-order valence-corrected chi connectivity index (χ0v) is 10.7. The predicted molar refractivity (Wildman–Crippen MR) is 68.3 cm³/mol. The van der Waals surface area contributed by atoms with E-state index in [1.165, 1.54) is 12.1 Å². The van der Waals surface area contributed by atoms with Gasteiger partial charge < -0.3 is 10.2 Å². The van der Waals surface area contributed by atoms with Crippen molar-refractivity contribution in [3.8, 4) is 0 Å². The number of hydrogen-bond acceptors (Lipinski definition) is 3. The fourth-order valence-corrected chi connectivity index (χ4v) is 1.64. The van der Waals surface area contributed by atoms with Crippen LogP contribution in [0.3, 0.4) is 0 Å². The zero-order chi connectivity index (χ0) is 13.7. The van der Waals surface area contributed by atoms with Crippen LogP contribution in [0.2, 0.25) is 0 Å². The van der Waals surface area contributed by atoms with Crippen LogP contribution in [0.15, 0.2) is 18.2 Å². The zero-order valence-electron chi connectivity index (χ0n) is 10.7. The van der Waals surface area contributed by atoms with Gasteiger partial charge in [0.1, 0.15) is 5.82 Å². The molecule has 0 saturated heterocycles.